The van der Waals surface area contributed by atoms with E-state index in [-0.39, 0.29) is 6.04 Å². The van der Waals surface area contributed by atoms with E-state index in [4.69, 9.17) is 16.3 Å². The fourth-order valence-electron chi connectivity index (χ4n) is 1.78. The van der Waals surface area contributed by atoms with Crippen LogP contribution in [-0.2, 0) is 4.74 Å². The van der Waals surface area contributed by atoms with Crippen LogP contribution in [0.4, 0.5) is 0 Å². The lowest BCUT2D eigenvalue weighted by molar-refractivity contribution is 0.128. The Bertz CT molecular complexity index is 330. The molecule has 1 rings (SSSR count). The summed E-state index contributed by atoms with van der Waals surface area (Å²) in [6, 6.07) is 8.27. The molecule has 2 nitrogen and oxygen atoms in total. The van der Waals surface area contributed by atoms with Gasteiger partial charge >= 0.3 is 0 Å². The Labute approximate surface area is 116 Å². The number of ether oxygens (including phenoxy) is 1. The van der Waals surface area contributed by atoms with E-state index >= 15 is 0 Å². The van der Waals surface area contributed by atoms with Crippen molar-refractivity contribution < 1.29 is 4.74 Å². The Kier molecular flexibility index (Phi) is 8.06. The van der Waals surface area contributed by atoms with Crippen LogP contribution in [0, 0.1) is 0 Å². The van der Waals surface area contributed by atoms with Crippen molar-refractivity contribution >= 4 is 11.6 Å². The predicted molar refractivity (Wildman–Crippen MR) is 78.2 cm³/mol. The second kappa shape index (κ2) is 9.37. The molecule has 0 aromatic heterocycles. The lowest BCUT2D eigenvalue weighted by Crippen LogP contribution is -2.21. The summed E-state index contributed by atoms with van der Waals surface area (Å²) in [4.78, 5) is 0. The molecule has 1 atom stereocenters. The second-order valence-electron chi connectivity index (χ2n) is 4.52. The highest BCUT2D eigenvalue weighted by Crippen LogP contribution is 2.21. The fraction of sp³-hybridized carbons (Fsp3) is 0.600. The van der Waals surface area contributed by atoms with Gasteiger partial charge in [0.15, 0.2) is 0 Å². The van der Waals surface area contributed by atoms with Gasteiger partial charge in [-0.15, -0.1) is 0 Å². The van der Waals surface area contributed by atoms with Gasteiger partial charge in [0, 0.05) is 24.3 Å². The van der Waals surface area contributed by atoms with Crippen molar-refractivity contribution in [2.75, 3.05) is 19.8 Å². The molecule has 0 saturated heterocycles. The van der Waals surface area contributed by atoms with Gasteiger partial charge in [0.25, 0.3) is 0 Å². The molecule has 0 aliphatic carbocycles. The molecular weight excluding hydrogens is 246 g/mol. The summed E-state index contributed by atoms with van der Waals surface area (Å²) >= 11 is 6.15. The summed E-state index contributed by atoms with van der Waals surface area (Å²) in [5, 5.41) is 4.30. The highest BCUT2D eigenvalue weighted by Gasteiger charge is 2.07. The third-order valence-electron chi connectivity index (χ3n) is 2.93. The van der Waals surface area contributed by atoms with E-state index in [2.05, 4.69) is 25.2 Å². The van der Waals surface area contributed by atoms with E-state index in [9.17, 15) is 0 Å². The molecule has 0 spiro atoms. The van der Waals surface area contributed by atoms with Crippen LogP contribution in [0.5, 0.6) is 0 Å². The maximum Gasteiger partial charge on any atom is 0.0478 e. The lowest BCUT2D eigenvalue weighted by atomic mass is 10.1. The van der Waals surface area contributed by atoms with Crippen LogP contribution in [0.25, 0.3) is 0 Å². The van der Waals surface area contributed by atoms with E-state index < -0.39 is 0 Å². The first-order chi connectivity index (χ1) is 8.75. The van der Waals surface area contributed by atoms with Crippen molar-refractivity contribution in [1.29, 1.82) is 0 Å². The minimum atomic E-state index is 0.286. The molecule has 18 heavy (non-hydrogen) atoms. The van der Waals surface area contributed by atoms with Gasteiger partial charge in [-0.3, -0.25) is 0 Å². The van der Waals surface area contributed by atoms with Gasteiger partial charge < -0.3 is 10.1 Å². The van der Waals surface area contributed by atoms with Gasteiger partial charge in [0.1, 0.15) is 0 Å². The summed E-state index contributed by atoms with van der Waals surface area (Å²) < 4.78 is 5.52. The van der Waals surface area contributed by atoms with Gasteiger partial charge in [-0.1, -0.05) is 43.1 Å². The number of benzene rings is 1. The molecule has 102 valence electrons. The second-order valence-corrected chi connectivity index (χ2v) is 4.92. The molecular formula is C15H24ClNO. The molecule has 0 amide bonds. The van der Waals surface area contributed by atoms with Crippen LogP contribution in [0.15, 0.2) is 24.3 Å². The third kappa shape index (κ3) is 5.85. The van der Waals surface area contributed by atoms with Crippen LogP contribution in [0.2, 0.25) is 5.02 Å². The first-order valence-electron chi connectivity index (χ1n) is 6.81. The van der Waals surface area contributed by atoms with Crippen LogP contribution < -0.4 is 5.32 Å². The van der Waals surface area contributed by atoms with E-state index in [1.54, 1.807) is 0 Å². The number of halogens is 1. The molecule has 0 saturated carbocycles. The van der Waals surface area contributed by atoms with Gasteiger partial charge in [0.2, 0.25) is 0 Å². The molecule has 0 heterocycles. The van der Waals surface area contributed by atoms with Crippen molar-refractivity contribution in [2.45, 2.75) is 39.2 Å². The van der Waals surface area contributed by atoms with E-state index in [0.29, 0.717) is 0 Å². The molecule has 0 bridgehead atoms. The van der Waals surface area contributed by atoms with Crippen molar-refractivity contribution in [2.24, 2.45) is 0 Å². The molecule has 1 aromatic carbocycles. The maximum absolute atomic E-state index is 6.15. The van der Waals surface area contributed by atoms with Crippen molar-refractivity contribution in [3.8, 4) is 0 Å². The number of unbranched alkanes of at least 4 members (excludes halogenated alkanes) is 1. The zero-order chi connectivity index (χ0) is 13.2. The zero-order valence-corrected chi connectivity index (χ0v) is 12.2. The lowest BCUT2D eigenvalue weighted by Gasteiger charge is -2.15. The topological polar surface area (TPSA) is 21.3 Å². The monoisotopic (exact) mass is 269 g/mol. The average Bonchev–Trinajstić information content (AvgIpc) is 2.38. The van der Waals surface area contributed by atoms with Crippen LogP contribution in [0.3, 0.4) is 0 Å². The Morgan fingerprint density at radius 3 is 2.67 bits per heavy atom. The average molecular weight is 270 g/mol. The van der Waals surface area contributed by atoms with Crippen LogP contribution in [-0.4, -0.2) is 19.8 Å². The van der Waals surface area contributed by atoms with E-state index in [0.717, 1.165) is 43.2 Å². The first kappa shape index (κ1) is 15.5. The SMILES string of the molecule is CCCCOCCCNC(C)c1ccccc1Cl. The number of rotatable bonds is 9. The third-order valence-corrected chi connectivity index (χ3v) is 3.27. The number of nitrogens with one attached hydrogen (secondary N) is 1. The quantitative estimate of drug-likeness (QED) is 0.679. The smallest absolute Gasteiger partial charge is 0.0478 e. The largest absolute Gasteiger partial charge is 0.381 e. The normalized spacial score (nSPS) is 12.6. The summed E-state index contributed by atoms with van der Waals surface area (Å²) in [5.74, 6) is 0. The summed E-state index contributed by atoms with van der Waals surface area (Å²) in [6.45, 7) is 6.99. The fourth-order valence-corrected chi connectivity index (χ4v) is 2.08. The molecule has 1 unspecified atom stereocenters. The Morgan fingerprint density at radius 1 is 1.22 bits per heavy atom. The van der Waals surface area contributed by atoms with Gasteiger partial charge in [0.05, 0.1) is 0 Å². The molecule has 0 radical (unpaired) electrons. The summed E-state index contributed by atoms with van der Waals surface area (Å²) in [6.07, 6.45) is 3.39. The molecule has 0 aliphatic rings. The van der Waals surface area contributed by atoms with E-state index in [1.165, 1.54) is 6.42 Å². The van der Waals surface area contributed by atoms with Crippen LogP contribution >= 0.6 is 11.6 Å². The zero-order valence-electron chi connectivity index (χ0n) is 11.4. The first-order valence-corrected chi connectivity index (χ1v) is 7.19. The molecule has 3 heteroatoms. The maximum atomic E-state index is 6.15. The highest BCUT2D eigenvalue weighted by atomic mass is 35.5. The summed E-state index contributed by atoms with van der Waals surface area (Å²) in [5.41, 5.74) is 1.16. The highest BCUT2D eigenvalue weighted by molar-refractivity contribution is 6.31. The standard InChI is InChI=1S/C15H24ClNO/c1-3-4-11-18-12-7-10-17-13(2)14-8-5-6-9-15(14)16/h5-6,8-9,13,17H,3-4,7,10-12H2,1-2H3. The molecule has 1 N–H and O–H groups in total. The Balaban J connectivity index is 2.14. The minimum Gasteiger partial charge on any atom is -0.381 e. The van der Waals surface area contributed by atoms with Crippen molar-refractivity contribution in [3.63, 3.8) is 0 Å². The predicted octanol–water partition coefficient (Wildman–Crippen LogP) is 4.20. The number of hydrogen-bond acceptors (Lipinski definition) is 2. The molecule has 0 aliphatic heterocycles. The van der Waals surface area contributed by atoms with Crippen molar-refractivity contribution in [1.82, 2.24) is 5.32 Å². The van der Waals surface area contributed by atoms with Crippen LogP contribution in [0.1, 0.15) is 44.7 Å². The Morgan fingerprint density at radius 2 is 1.94 bits per heavy atom. The molecule has 1 aromatic rings. The summed E-state index contributed by atoms with van der Waals surface area (Å²) in [7, 11) is 0. The van der Waals surface area contributed by atoms with Gasteiger partial charge in [-0.05, 0) is 37.9 Å². The van der Waals surface area contributed by atoms with Crippen molar-refractivity contribution in [3.05, 3.63) is 34.9 Å². The van der Waals surface area contributed by atoms with Gasteiger partial charge in [-0.2, -0.15) is 0 Å². The molecule has 0 fully saturated rings. The Hall–Kier alpha value is -0.570. The minimum absolute atomic E-state index is 0.286. The van der Waals surface area contributed by atoms with Gasteiger partial charge in [-0.25, -0.2) is 0 Å². The van der Waals surface area contributed by atoms with E-state index in [1.807, 2.05) is 18.2 Å². The number of hydrogen-bond donors (Lipinski definition) is 1.